The summed E-state index contributed by atoms with van der Waals surface area (Å²) in [6.45, 7) is 4.50. The lowest BCUT2D eigenvalue weighted by molar-refractivity contribution is -0.115. The minimum absolute atomic E-state index is 0.112. The number of ether oxygens (including phenoxy) is 2. The normalized spacial score (nSPS) is 11.6. The largest absolute Gasteiger partial charge is 0.497 e. The number of nitrogens with one attached hydrogen (secondary N) is 2. The third-order valence-corrected chi connectivity index (χ3v) is 7.58. The van der Waals surface area contributed by atoms with Crippen molar-refractivity contribution in [3.05, 3.63) is 72.3 Å². The molecule has 0 aliphatic carbocycles. The van der Waals surface area contributed by atoms with E-state index < -0.39 is 0 Å². The maximum absolute atomic E-state index is 13.0. The van der Waals surface area contributed by atoms with Crippen molar-refractivity contribution >= 4 is 55.9 Å². The smallest absolute Gasteiger partial charge is 0.255 e. The highest BCUT2D eigenvalue weighted by molar-refractivity contribution is 8.00. The molecule has 186 valence electrons. The fourth-order valence-corrected chi connectivity index (χ4v) is 5.39. The van der Waals surface area contributed by atoms with E-state index in [1.54, 1.807) is 31.4 Å². The fourth-order valence-electron chi connectivity index (χ4n) is 3.48. The molecular weight excluding hydrogens is 494 g/mol. The summed E-state index contributed by atoms with van der Waals surface area (Å²) < 4.78 is 11.6. The number of nitrogens with zero attached hydrogens (tertiary/aromatic N) is 1. The van der Waals surface area contributed by atoms with E-state index in [0.717, 1.165) is 20.9 Å². The van der Waals surface area contributed by atoms with Crippen LogP contribution in [0.3, 0.4) is 0 Å². The average molecular weight is 522 g/mol. The number of thioether (sulfide) groups is 1. The van der Waals surface area contributed by atoms with Gasteiger partial charge in [0.15, 0.2) is 5.13 Å². The topological polar surface area (TPSA) is 89.5 Å². The Kier molecular flexibility index (Phi) is 8.45. The van der Waals surface area contributed by atoms with Crippen LogP contribution in [0, 0.1) is 0 Å². The van der Waals surface area contributed by atoms with Gasteiger partial charge >= 0.3 is 0 Å². The first-order chi connectivity index (χ1) is 17.5. The van der Waals surface area contributed by atoms with Gasteiger partial charge in [0.1, 0.15) is 11.5 Å². The molecule has 1 atom stereocenters. The number of aromatic nitrogens is 1. The Morgan fingerprint density at radius 1 is 1.00 bits per heavy atom. The molecule has 0 spiro atoms. The van der Waals surface area contributed by atoms with E-state index >= 15 is 0 Å². The van der Waals surface area contributed by atoms with Gasteiger partial charge in [-0.3, -0.25) is 9.59 Å². The lowest BCUT2D eigenvalue weighted by Crippen LogP contribution is -2.24. The standard InChI is InChI=1S/C27H27N3O4S2/c1-4-23(26(32)30-27-29-22-14-13-20(34-5-2)16-24(22)36-27)35-21-8-6-7-18(15-21)28-25(31)17-9-11-19(33-3)12-10-17/h6-16,23H,4-5H2,1-3H3,(H,28,31)(H,29,30,32). The summed E-state index contributed by atoms with van der Waals surface area (Å²) in [7, 11) is 1.58. The molecule has 4 rings (SSSR count). The maximum Gasteiger partial charge on any atom is 0.255 e. The molecule has 1 unspecified atom stereocenters. The van der Waals surface area contributed by atoms with E-state index in [-0.39, 0.29) is 17.1 Å². The Labute approximate surface area is 218 Å². The van der Waals surface area contributed by atoms with Crippen molar-refractivity contribution in [1.82, 2.24) is 4.98 Å². The number of carbonyl (C=O) groups is 2. The van der Waals surface area contributed by atoms with E-state index in [2.05, 4.69) is 15.6 Å². The summed E-state index contributed by atoms with van der Waals surface area (Å²) in [4.78, 5) is 31.0. The second kappa shape index (κ2) is 11.9. The predicted molar refractivity (Wildman–Crippen MR) is 147 cm³/mol. The molecule has 7 nitrogen and oxygen atoms in total. The zero-order valence-electron chi connectivity index (χ0n) is 20.2. The molecular formula is C27H27N3O4S2. The van der Waals surface area contributed by atoms with Crippen molar-refractivity contribution in [2.45, 2.75) is 30.4 Å². The molecule has 4 aromatic rings. The first-order valence-corrected chi connectivity index (χ1v) is 13.2. The minimum Gasteiger partial charge on any atom is -0.497 e. The van der Waals surface area contributed by atoms with Crippen molar-refractivity contribution in [3.8, 4) is 11.5 Å². The monoisotopic (exact) mass is 521 g/mol. The molecule has 0 aliphatic rings. The number of anilines is 2. The summed E-state index contributed by atoms with van der Waals surface area (Å²) in [5.41, 5.74) is 2.01. The van der Waals surface area contributed by atoms with Crippen molar-refractivity contribution in [3.63, 3.8) is 0 Å². The molecule has 3 aromatic carbocycles. The van der Waals surface area contributed by atoms with Crippen LogP contribution in [0.2, 0.25) is 0 Å². The fraction of sp³-hybridized carbons (Fsp3) is 0.222. The SMILES string of the molecule is CCOc1ccc2nc(NC(=O)C(CC)Sc3cccc(NC(=O)c4ccc(OC)cc4)c3)sc2c1. The summed E-state index contributed by atoms with van der Waals surface area (Å²) in [6.07, 6.45) is 0.637. The zero-order chi connectivity index (χ0) is 25.5. The van der Waals surface area contributed by atoms with E-state index in [4.69, 9.17) is 9.47 Å². The first-order valence-electron chi connectivity index (χ1n) is 11.6. The van der Waals surface area contributed by atoms with Crippen LogP contribution < -0.4 is 20.1 Å². The Morgan fingerprint density at radius 2 is 1.78 bits per heavy atom. The summed E-state index contributed by atoms with van der Waals surface area (Å²) in [5, 5.41) is 6.11. The van der Waals surface area contributed by atoms with Gasteiger partial charge in [-0.05, 0) is 74.0 Å². The Bertz CT molecular complexity index is 1350. The number of benzene rings is 3. The van der Waals surface area contributed by atoms with Crippen LogP contribution in [-0.4, -0.2) is 35.8 Å². The number of fused-ring (bicyclic) bond motifs is 1. The van der Waals surface area contributed by atoms with Gasteiger partial charge in [0, 0.05) is 16.1 Å². The van der Waals surface area contributed by atoms with E-state index in [0.29, 0.717) is 35.2 Å². The van der Waals surface area contributed by atoms with E-state index in [1.165, 1.54) is 23.1 Å². The first kappa shape index (κ1) is 25.5. The molecule has 36 heavy (non-hydrogen) atoms. The van der Waals surface area contributed by atoms with E-state index in [1.807, 2.05) is 56.3 Å². The number of methoxy groups -OCH3 is 1. The molecule has 2 amide bonds. The Hall–Kier alpha value is -3.56. The number of thiazole rings is 1. The molecule has 9 heteroatoms. The Morgan fingerprint density at radius 3 is 2.50 bits per heavy atom. The average Bonchev–Trinajstić information content (AvgIpc) is 3.29. The van der Waals surface area contributed by atoms with E-state index in [9.17, 15) is 9.59 Å². The lowest BCUT2D eigenvalue weighted by Gasteiger charge is -2.14. The second-order valence-corrected chi connectivity index (χ2v) is 10.1. The van der Waals surface area contributed by atoms with Crippen LogP contribution in [0.4, 0.5) is 10.8 Å². The predicted octanol–water partition coefficient (Wildman–Crippen LogP) is 6.47. The van der Waals surface area contributed by atoms with Gasteiger partial charge in [0.05, 0.1) is 29.2 Å². The van der Waals surface area contributed by atoms with Gasteiger partial charge in [-0.15, -0.1) is 11.8 Å². The summed E-state index contributed by atoms with van der Waals surface area (Å²) >= 11 is 2.87. The Balaban J connectivity index is 1.40. The van der Waals surface area contributed by atoms with Crippen LogP contribution in [0.5, 0.6) is 11.5 Å². The molecule has 0 radical (unpaired) electrons. The highest BCUT2D eigenvalue weighted by Gasteiger charge is 2.20. The number of amides is 2. The zero-order valence-corrected chi connectivity index (χ0v) is 21.9. The van der Waals surface area contributed by atoms with Crippen LogP contribution >= 0.6 is 23.1 Å². The lowest BCUT2D eigenvalue weighted by atomic mass is 10.2. The second-order valence-electron chi connectivity index (χ2n) is 7.80. The van der Waals surface area contributed by atoms with Gasteiger partial charge in [0.2, 0.25) is 5.91 Å². The maximum atomic E-state index is 13.0. The van der Waals surface area contributed by atoms with Crippen LogP contribution in [0.25, 0.3) is 10.2 Å². The van der Waals surface area contributed by atoms with Crippen molar-refractivity contribution in [1.29, 1.82) is 0 Å². The number of rotatable bonds is 10. The van der Waals surface area contributed by atoms with Crippen molar-refractivity contribution in [2.24, 2.45) is 0 Å². The van der Waals surface area contributed by atoms with Gasteiger partial charge < -0.3 is 20.1 Å². The van der Waals surface area contributed by atoms with Crippen LogP contribution in [0.1, 0.15) is 30.6 Å². The number of hydrogen-bond acceptors (Lipinski definition) is 7. The molecule has 0 bridgehead atoms. The molecule has 0 fully saturated rings. The van der Waals surface area contributed by atoms with Crippen molar-refractivity contribution in [2.75, 3.05) is 24.4 Å². The van der Waals surface area contributed by atoms with Gasteiger partial charge in [-0.25, -0.2) is 4.98 Å². The molecule has 0 saturated carbocycles. The van der Waals surface area contributed by atoms with Crippen molar-refractivity contribution < 1.29 is 19.1 Å². The minimum atomic E-state index is -0.316. The molecule has 2 N–H and O–H groups in total. The third kappa shape index (κ3) is 6.35. The quantitative estimate of drug-likeness (QED) is 0.233. The van der Waals surface area contributed by atoms with Gasteiger partial charge in [-0.2, -0.15) is 0 Å². The number of hydrogen-bond donors (Lipinski definition) is 2. The summed E-state index contributed by atoms with van der Waals surface area (Å²) in [5.74, 6) is 1.15. The number of carbonyl (C=O) groups excluding carboxylic acids is 2. The highest BCUT2D eigenvalue weighted by atomic mass is 32.2. The highest BCUT2D eigenvalue weighted by Crippen LogP contribution is 2.32. The van der Waals surface area contributed by atoms with Gasteiger partial charge in [-0.1, -0.05) is 24.3 Å². The summed E-state index contributed by atoms with van der Waals surface area (Å²) in [6, 6.07) is 20.1. The molecule has 0 aliphatic heterocycles. The van der Waals surface area contributed by atoms with Gasteiger partial charge in [0.25, 0.3) is 5.91 Å². The molecule has 0 saturated heterocycles. The molecule has 1 aromatic heterocycles. The van der Waals surface area contributed by atoms with Crippen LogP contribution in [0.15, 0.2) is 71.6 Å². The third-order valence-electron chi connectivity index (χ3n) is 5.29. The van der Waals surface area contributed by atoms with Crippen LogP contribution in [-0.2, 0) is 4.79 Å². The molecule has 1 heterocycles.